The maximum atomic E-state index is 13.0. The summed E-state index contributed by atoms with van der Waals surface area (Å²) in [5.41, 5.74) is 0.987. The number of halogens is 1. The highest BCUT2D eigenvalue weighted by Crippen LogP contribution is 2.30. The van der Waals surface area contributed by atoms with Gasteiger partial charge in [-0.05, 0) is 24.3 Å². The third-order valence-electron chi connectivity index (χ3n) is 5.09. The van der Waals surface area contributed by atoms with E-state index in [9.17, 15) is 15.4 Å². The molecule has 0 N–H and O–H groups in total. The van der Waals surface area contributed by atoms with Gasteiger partial charge in [0.1, 0.15) is 11.3 Å². The van der Waals surface area contributed by atoms with Crippen LogP contribution in [0.1, 0.15) is 5.69 Å². The van der Waals surface area contributed by atoms with E-state index in [1.807, 2.05) is 30.3 Å². The lowest BCUT2D eigenvalue weighted by Crippen LogP contribution is -2.48. The summed E-state index contributed by atoms with van der Waals surface area (Å²) >= 11 is 6.01. The molecule has 1 saturated heterocycles. The molecule has 148 valence electrons. The summed E-state index contributed by atoms with van der Waals surface area (Å²) in [6.07, 6.45) is 0. The minimum atomic E-state index is -0.222. The van der Waals surface area contributed by atoms with Crippen LogP contribution in [0.2, 0.25) is 5.02 Å². The van der Waals surface area contributed by atoms with Crippen LogP contribution in [0.5, 0.6) is 5.75 Å². The van der Waals surface area contributed by atoms with Crippen molar-refractivity contribution in [2.24, 2.45) is 0 Å². The van der Waals surface area contributed by atoms with E-state index >= 15 is 0 Å². The van der Waals surface area contributed by atoms with Crippen molar-refractivity contribution in [1.82, 2.24) is 4.73 Å². The first-order valence-electron chi connectivity index (χ1n) is 9.06. The van der Waals surface area contributed by atoms with E-state index in [0.717, 1.165) is 11.4 Å². The molecule has 0 bridgehead atoms. The van der Waals surface area contributed by atoms with Crippen molar-refractivity contribution in [2.45, 2.75) is 0 Å². The highest BCUT2D eigenvalue weighted by atomic mass is 35.5. The van der Waals surface area contributed by atoms with Crippen LogP contribution in [0.15, 0.2) is 42.5 Å². The van der Waals surface area contributed by atoms with E-state index < -0.39 is 0 Å². The molecule has 0 spiro atoms. The summed E-state index contributed by atoms with van der Waals surface area (Å²) in [4.78, 5) is 16.6. The van der Waals surface area contributed by atoms with E-state index in [1.54, 1.807) is 12.0 Å². The van der Waals surface area contributed by atoms with Crippen LogP contribution in [-0.4, -0.2) is 38.0 Å². The fraction of sp³-hybridized carbons (Fsp3) is 0.250. The van der Waals surface area contributed by atoms with Gasteiger partial charge >= 0.3 is 5.69 Å². The fourth-order valence-electron chi connectivity index (χ4n) is 3.68. The third kappa shape index (κ3) is 3.19. The second-order valence-corrected chi connectivity index (χ2v) is 7.09. The summed E-state index contributed by atoms with van der Waals surface area (Å²) in [5.74, 6) is 0.826. The smallest absolute Gasteiger partial charge is 0.379 e. The number of hydrogen-bond acceptors (Lipinski definition) is 6. The van der Waals surface area contributed by atoms with Gasteiger partial charge in [0.15, 0.2) is 11.9 Å². The largest absolute Gasteiger partial charge is 0.804 e. The number of anilines is 2. The Morgan fingerprint density at radius 3 is 2.52 bits per heavy atom. The third-order valence-corrected chi connectivity index (χ3v) is 5.33. The second kappa shape index (κ2) is 7.53. The van der Waals surface area contributed by atoms with Crippen LogP contribution in [0, 0.1) is 21.4 Å². The van der Waals surface area contributed by atoms with E-state index in [-0.39, 0.29) is 22.5 Å². The zero-order valence-corrected chi connectivity index (χ0v) is 16.5. The second-order valence-electron chi connectivity index (χ2n) is 6.65. The summed E-state index contributed by atoms with van der Waals surface area (Å²) < 4.78 is 6.57. The Balaban J connectivity index is 1.71. The molecule has 1 aliphatic heterocycles. The topological polar surface area (TPSA) is 90.5 Å². The minimum Gasteiger partial charge on any atom is -0.804 e. The van der Waals surface area contributed by atoms with Gasteiger partial charge in [0.05, 0.1) is 17.2 Å². The Bertz CT molecular complexity index is 1180. The Labute approximate surface area is 171 Å². The van der Waals surface area contributed by atoms with Crippen LogP contribution >= 0.6 is 11.6 Å². The predicted octanol–water partition coefficient (Wildman–Crippen LogP) is 2.76. The van der Waals surface area contributed by atoms with Crippen LogP contribution in [-0.2, 0) is 0 Å². The average Bonchev–Trinajstić information content (AvgIpc) is 2.76. The lowest BCUT2D eigenvalue weighted by molar-refractivity contribution is -0.467. The van der Waals surface area contributed by atoms with Gasteiger partial charge in [0, 0.05) is 42.2 Å². The van der Waals surface area contributed by atoms with Crippen LogP contribution < -0.4 is 19.0 Å². The van der Waals surface area contributed by atoms with E-state index in [1.165, 1.54) is 18.2 Å². The molecule has 2 aromatic carbocycles. The zero-order valence-electron chi connectivity index (χ0n) is 15.7. The normalized spacial score (nSPS) is 14.1. The molecule has 0 atom stereocenters. The van der Waals surface area contributed by atoms with Crippen molar-refractivity contribution in [3.8, 4) is 11.8 Å². The number of methoxy groups -OCH3 is 1. The first-order valence-corrected chi connectivity index (χ1v) is 9.44. The molecule has 0 aliphatic carbocycles. The molecular formula is C20H18ClN5O3. The summed E-state index contributed by atoms with van der Waals surface area (Å²) in [6.45, 7) is 2.16. The summed E-state index contributed by atoms with van der Waals surface area (Å²) in [7, 11) is 1.63. The van der Waals surface area contributed by atoms with Crippen LogP contribution in [0.25, 0.3) is 11.0 Å². The van der Waals surface area contributed by atoms with Gasteiger partial charge in [-0.25, -0.2) is 0 Å². The number of aromatic nitrogens is 2. The number of fused-ring (bicyclic) bond motifs is 1. The molecule has 0 saturated carbocycles. The molecule has 9 heteroatoms. The molecule has 4 rings (SSSR count). The number of para-hydroxylation sites is 2. The number of ether oxygens (including phenoxy) is 1. The Hall–Kier alpha value is -3.44. The van der Waals surface area contributed by atoms with Crippen molar-refractivity contribution < 1.29 is 9.16 Å². The first-order chi connectivity index (χ1) is 14.0. The number of benzene rings is 2. The van der Waals surface area contributed by atoms with Crippen molar-refractivity contribution in [2.75, 3.05) is 43.1 Å². The maximum Gasteiger partial charge on any atom is 0.379 e. The number of hydrogen-bond donors (Lipinski definition) is 0. The molecular weight excluding hydrogens is 394 g/mol. The van der Waals surface area contributed by atoms with Gasteiger partial charge in [-0.15, -0.1) is 0 Å². The average molecular weight is 412 g/mol. The van der Waals surface area contributed by atoms with Gasteiger partial charge in [-0.2, -0.15) is 5.26 Å². The maximum absolute atomic E-state index is 13.0. The molecule has 29 heavy (non-hydrogen) atoms. The zero-order chi connectivity index (χ0) is 20.5. The summed E-state index contributed by atoms with van der Waals surface area (Å²) in [6, 6.07) is 14.0. The highest BCUT2D eigenvalue weighted by molar-refractivity contribution is 6.31. The van der Waals surface area contributed by atoms with E-state index in [0.29, 0.717) is 40.4 Å². The van der Waals surface area contributed by atoms with Crippen molar-refractivity contribution in [1.29, 1.82) is 5.26 Å². The van der Waals surface area contributed by atoms with Gasteiger partial charge in [-0.3, -0.25) is 0 Å². The lowest BCUT2D eigenvalue weighted by Gasteiger charge is -2.38. The van der Waals surface area contributed by atoms with Crippen molar-refractivity contribution >= 4 is 34.1 Å². The molecule has 0 radical (unpaired) electrons. The van der Waals surface area contributed by atoms with Crippen molar-refractivity contribution in [3.05, 3.63) is 63.3 Å². The van der Waals surface area contributed by atoms with Gasteiger partial charge in [-0.1, -0.05) is 23.7 Å². The molecule has 8 nitrogen and oxygen atoms in total. The molecule has 1 aromatic heterocycles. The number of piperazine rings is 1. The quantitative estimate of drug-likeness (QED) is 0.615. The number of nitriles is 1. The highest BCUT2D eigenvalue weighted by Gasteiger charge is 2.29. The molecule has 2 heterocycles. The Morgan fingerprint density at radius 2 is 1.83 bits per heavy atom. The monoisotopic (exact) mass is 411 g/mol. The molecule has 1 fully saturated rings. The number of rotatable bonds is 3. The lowest BCUT2D eigenvalue weighted by atomic mass is 10.2. The first kappa shape index (κ1) is 18.9. The van der Waals surface area contributed by atoms with Crippen LogP contribution in [0.4, 0.5) is 11.5 Å². The Kier molecular flexibility index (Phi) is 4.91. The summed E-state index contributed by atoms with van der Waals surface area (Å²) in [5, 5.41) is 23.0. The van der Waals surface area contributed by atoms with E-state index in [4.69, 9.17) is 16.3 Å². The fourth-order valence-corrected chi connectivity index (χ4v) is 3.84. The van der Waals surface area contributed by atoms with Crippen LogP contribution in [0.3, 0.4) is 0 Å². The standard InChI is InChI=1S/C20H18ClN5O3/c1-29-19-5-3-2-4-16(19)23-8-10-24(11-9-23)20-18(13-22)25(27)15-7-6-14(21)12-17(15)26(20)28/h2-7,12H,8-11H2,1H3. The molecule has 3 aromatic rings. The molecule has 0 unspecified atom stereocenters. The molecule has 1 aliphatic rings. The van der Waals surface area contributed by atoms with Crippen molar-refractivity contribution in [3.63, 3.8) is 0 Å². The van der Waals surface area contributed by atoms with Gasteiger partial charge in [0.2, 0.25) is 0 Å². The van der Waals surface area contributed by atoms with E-state index in [2.05, 4.69) is 4.90 Å². The van der Waals surface area contributed by atoms with Gasteiger partial charge in [0.25, 0.3) is 5.52 Å². The predicted molar refractivity (Wildman–Crippen MR) is 111 cm³/mol. The number of nitrogens with zero attached hydrogens (tertiary/aromatic N) is 5. The Morgan fingerprint density at radius 1 is 1.14 bits per heavy atom. The van der Waals surface area contributed by atoms with Gasteiger partial charge < -0.3 is 24.5 Å². The molecule has 0 amide bonds. The SMILES string of the molecule is COc1ccccc1N1CCN(c2c(C#N)[n+](=O)c3ccc(Cl)cc3n2[O-])CC1. The minimum absolute atomic E-state index is 0.0527.